The maximum absolute atomic E-state index is 10.6. The predicted octanol–water partition coefficient (Wildman–Crippen LogP) is 7.58. The van der Waals surface area contributed by atoms with Gasteiger partial charge in [0.2, 0.25) is 8.32 Å². The van der Waals surface area contributed by atoms with E-state index in [1.54, 1.807) is 0 Å². The Hall–Kier alpha value is -1.06. The fraction of sp³-hybridized carbons (Fsp3) is 0.680. The lowest BCUT2D eigenvalue weighted by Crippen LogP contribution is -2.41. The van der Waals surface area contributed by atoms with Crippen molar-refractivity contribution >= 4 is 13.9 Å². The Morgan fingerprint density at radius 1 is 1.11 bits per heavy atom. The van der Waals surface area contributed by atoms with Crippen molar-refractivity contribution in [3.63, 3.8) is 0 Å². The summed E-state index contributed by atoms with van der Waals surface area (Å²) in [7, 11) is -1.96. The first-order chi connectivity index (χ1) is 12.9. The van der Waals surface area contributed by atoms with Gasteiger partial charge in [0.25, 0.3) is 0 Å². The summed E-state index contributed by atoms with van der Waals surface area (Å²) < 4.78 is 6.72. The van der Waals surface area contributed by atoms with Crippen LogP contribution in [0.4, 0.5) is 0 Å². The van der Waals surface area contributed by atoms with Crippen molar-refractivity contribution in [3.8, 4) is 0 Å². The highest BCUT2D eigenvalue weighted by Crippen LogP contribution is 2.40. The molecule has 0 aliphatic rings. The van der Waals surface area contributed by atoms with E-state index in [0.29, 0.717) is 12.3 Å². The van der Waals surface area contributed by atoms with Crippen LogP contribution in [0, 0.1) is 5.92 Å². The molecule has 1 atom stereocenters. The van der Waals surface area contributed by atoms with Gasteiger partial charge in [0.1, 0.15) is 0 Å². The topological polar surface area (TPSA) is 29.5 Å². The Morgan fingerprint density at radius 2 is 1.68 bits per heavy atom. The quantitative estimate of drug-likeness (QED) is 0.322. The van der Waals surface area contributed by atoms with Gasteiger partial charge < -0.3 is 9.53 Å². The van der Waals surface area contributed by atoms with E-state index < -0.39 is 8.32 Å². The fourth-order valence-corrected chi connectivity index (χ4v) is 4.17. The lowest BCUT2D eigenvalue weighted by atomic mass is 9.98. The van der Waals surface area contributed by atoms with Crippen molar-refractivity contribution in [2.75, 3.05) is 0 Å². The second kappa shape index (κ2) is 10.6. The summed E-state index contributed by atoms with van der Waals surface area (Å²) in [5.74, 6) is 1.64. The standard InChI is InChI=1S/C25H44O2Si/c1-10-11-12-23(26)18-24(27-28(8,9)25(5,6)7)20(4)22-15-13-21(14-16-22)17-19(2)3/h13-16,19,23,26H,10-12,17-18H2,1-9H3/b24-20-. The second-order valence-electron chi connectivity index (χ2n) is 10.2. The van der Waals surface area contributed by atoms with Gasteiger partial charge in [-0.25, -0.2) is 0 Å². The second-order valence-corrected chi connectivity index (χ2v) is 14.9. The van der Waals surface area contributed by atoms with E-state index in [1.165, 1.54) is 11.1 Å². The molecule has 0 aromatic heterocycles. The van der Waals surface area contributed by atoms with Gasteiger partial charge in [-0.15, -0.1) is 0 Å². The molecule has 0 radical (unpaired) electrons. The average molecular weight is 405 g/mol. The summed E-state index contributed by atoms with van der Waals surface area (Å²) in [4.78, 5) is 0. The normalized spacial score (nSPS) is 14.8. The van der Waals surface area contributed by atoms with E-state index in [2.05, 4.69) is 85.8 Å². The third-order valence-corrected chi connectivity index (χ3v) is 10.3. The van der Waals surface area contributed by atoms with Crippen molar-refractivity contribution in [2.45, 2.75) is 105 Å². The van der Waals surface area contributed by atoms with Crippen LogP contribution in [0.2, 0.25) is 18.1 Å². The molecular formula is C25H44O2Si. The van der Waals surface area contributed by atoms with Gasteiger partial charge in [-0.3, -0.25) is 0 Å². The van der Waals surface area contributed by atoms with Crippen molar-refractivity contribution < 1.29 is 9.53 Å². The Bertz CT molecular complexity index is 621. The molecule has 1 unspecified atom stereocenters. The molecule has 2 nitrogen and oxygen atoms in total. The van der Waals surface area contributed by atoms with E-state index in [1.807, 2.05) is 0 Å². The van der Waals surface area contributed by atoms with Crippen LogP contribution in [0.25, 0.3) is 5.57 Å². The number of rotatable bonds is 10. The van der Waals surface area contributed by atoms with Crippen molar-refractivity contribution in [3.05, 3.63) is 41.2 Å². The molecule has 1 aromatic carbocycles. The van der Waals surface area contributed by atoms with Gasteiger partial charge in [0.15, 0.2) is 0 Å². The van der Waals surface area contributed by atoms with Crippen molar-refractivity contribution in [1.29, 1.82) is 0 Å². The molecule has 0 aliphatic carbocycles. The van der Waals surface area contributed by atoms with E-state index in [4.69, 9.17) is 4.43 Å². The van der Waals surface area contributed by atoms with E-state index in [9.17, 15) is 5.11 Å². The van der Waals surface area contributed by atoms with Crippen LogP contribution in [0.15, 0.2) is 30.0 Å². The lowest BCUT2D eigenvalue weighted by molar-refractivity contribution is 0.147. The molecule has 160 valence electrons. The summed E-state index contributed by atoms with van der Waals surface area (Å²) in [6.07, 6.45) is 4.36. The van der Waals surface area contributed by atoms with Crippen LogP contribution in [0.3, 0.4) is 0 Å². The van der Waals surface area contributed by atoms with Gasteiger partial charge in [-0.1, -0.05) is 78.6 Å². The largest absolute Gasteiger partial charge is 0.546 e. The first kappa shape index (κ1) is 25.0. The molecular weight excluding hydrogens is 360 g/mol. The number of unbranched alkanes of at least 4 members (excludes halogenated alkanes) is 1. The van der Waals surface area contributed by atoms with Gasteiger partial charge in [0.05, 0.1) is 11.9 Å². The van der Waals surface area contributed by atoms with Crippen LogP contribution in [-0.2, 0) is 10.8 Å². The Kier molecular flexibility index (Phi) is 9.49. The number of hydrogen-bond donors (Lipinski definition) is 1. The fourth-order valence-electron chi connectivity index (χ4n) is 3.01. The molecule has 1 aromatic rings. The molecule has 0 saturated carbocycles. The summed E-state index contributed by atoms with van der Waals surface area (Å²) in [6, 6.07) is 8.88. The smallest absolute Gasteiger partial charge is 0.250 e. The highest BCUT2D eigenvalue weighted by molar-refractivity contribution is 6.74. The number of hydrogen-bond acceptors (Lipinski definition) is 2. The van der Waals surface area contributed by atoms with Gasteiger partial charge in [-0.2, -0.15) is 0 Å². The molecule has 0 amide bonds. The maximum Gasteiger partial charge on any atom is 0.250 e. The third kappa shape index (κ3) is 7.75. The molecule has 0 aliphatic heterocycles. The molecule has 0 saturated heterocycles. The molecule has 1 rings (SSSR count). The predicted molar refractivity (Wildman–Crippen MR) is 126 cm³/mol. The Balaban J connectivity index is 3.19. The monoisotopic (exact) mass is 404 g/mol. The lowest BCUT2D eigenvalue weighted by Gasteiger charge is -2.38. The zero-order chi connectivity index (χ0) is 21.5. The van der Waals surface area contributed by atoms with Gasteiger partial charge in [0, 0.05) is 6.42 Å². The first-order valence-electron chi connectivity index (χ1n) is 11.0. The zero-order valence-corrected chi connectivity index (χ0v) is 20.9. The van der Waals surface area contributed by atoms with Gasteiger partial charge in [-0.05, 0) is 60.5 Å². The highest BCUT2D eigenvalue weighted by atomic mass is 28.4. The minimum Gasteiger partial charge on any atom is -0.546 e. The van der Waals surface area contributed by atoms with E-state index in [-0.39, 0.29) is 11.1 Å². The van der Waals surface area contributed by atoms with Crippen molar-refractivity contribution in [2.24, 2.45) is 5.92 Å². The van der Waals surface area contributed by atoms with Gasteiger partial charge >= 0.3 is 0 Å². The minimum absolute atomic E-state index is 0.133. The Morgan fingerprint density at radius 3 is 2.14 bits per heavy atom. The van der Waals surface area contributed by atoms with Crippen LogP contribution < -0.4 is 0 Å². The summed E-state index contributed by atoms with van der Waals surface area (Å²) in [5.41, 5.74) is 3.74. The molecule has 28 heavy (non-hydrogen) atoms. The molecule has 0 bridgehead atoms. The Labute approximate surface area is 175 Å². The van der Waals surface area contributed by atoms with Crippen LogP contribution in [0.5, 0.6) is 0 Å². The first-order valence-corrected chi connectivity index (χ1v) is 13.9. The average Bonchev–Trinajstić information content (AvgIpc) is 2.57. The van der Waals surface area contributed by atoms with Crippen molar-refractivity contribution in [1.82, 2.24) is 0 Å². The zero-order valence-electron chi connectivity index (χ0n) is 19.9. The van der Waals surface area contributed by atoms with E-state index in [0.717, 1.165) is 37.0 Å². The number of aliphatic hydroxyl groups excluding tert-OH is 1. The highest BCUT2D eigenvalue weighted by Gasteiger charge is 2.39. The summed E-state index contributed by atoms with van der Waals surface area (Å²) in [5, 5.41) is 10.7. The SMILES string of the molecule is CCCCC(O)C/C(O[Si](C)(C)C(C)(C)C)=C(\C)c1ccc(CC(C)C)cc1. The molecule has 1 N–H and O–H groups in total. The molecule has 3 heteroatoms. The van der Waals surface area contributed by atoms with Crippen LogP contribution in [0.1, 0.15) is 85.3 Å². The minimum atomic E-state index is -1.96. The van der Waals surface area contributed by atoms with E-state index >= 15 is 0 Å². The third-order valence-electron chi connectivity index (χ3n) is 5.95. The number of benzene rings is 1. The maximum atomic E-state index is 10.6. The number of allylic oxidation sites excluding steroid dienone is 1. The molecule has 0 spiro atoms. The van der Waals surface area contributed by atoms with Crippen LogP contribution >= 0.6 is 0 Å². The summed E-state index contributed by atoms with van der Waals surface area (Å²) >= 11 is 0. The summed E-state index contributed by atoms with van der Waals surface area (Å²) in [6.45, 7) is 20.2. The molecule has 0 heterocycles. The number of aliphatic hydroxyl groups is 1. The molecule has 0 fully saturated rings. The van der Waals surface area contributed by atoms with Crippen LogP contribution in [-0.4, -0.2) is 19.5 Å².